The van der Waals surface area contributed by atoms with Crippen molar-refractivity contribution < 1.29 is 5.11 Å². The summed E-state index contributed by atoms with van der Waals surface area (Å²) in [7, 11) is 0. The van der Waals surface area contributed by atoms with Gasteiger partial charge in [0.1, 0.15) is 5.75 Å². The lowest BCUT2D eigenvalue weighted by Crippen LogP contribution is -1.88. The fourth-order valence-corrected chi connectivity index (χ4v) is 1.47. The average molecular weight is 185 g/mol. The van der Waals surface area contributed by atoms with Crippen LogP contribution in [0.1, 0.15) is 30.7 Å². The molecule has 0 aromatic heterocycles. The Hall–Kier alpha value is -0.690. The van der Waals surface area contributed by atoms with Gasteiger partial charge >= 0.3 is 0 Å². The minimum atomic E-state index is 0.0793. The molecule has 0 spiro atoms. The van der Waals surface area contributed by atoms with Crippen molar-refractivity contribution in [2.45, 2.75) is 25.1 Å². The minimum Gasteiger partial charge on any atom is -0.508 e. The first-order valence-corrected chi connectivity index (χ1v) is 4.60. The second-order valence-corrected chi connectivity index (χ2v) is 3.37. The molecule has 1 N–H and O–H groups in total. The van der Waals surface area contributed by atoms with Gasteiger partial charge in [0, 0.05) is 0 Å². The van der Waals surface area contributed by atoms with Gasteiger partial charge in [-0.2, -0.15) is 0 Å². The largest absolute Gasteiger partial charge is 0.508 e. The highest BCUT2D eigenvalue weighted by Gasteiger charge is 2.05. The molecule has 1 atom stereocenters. The Morgan fingerprint density at radius 2 is 1.92 bits per heavy atom. The van der Waals surface area contributed by atoms with Crippen molar-refractivity contribution in [3.8, 4) is 5.75 Å². The summed E-state index contributed by atoms with van der Waals surface area (Å²) in [6.07, 6.45) is 2.06. The molecule has 0 heterocycles. The number of hydrogen-bond acceptors (Lipinski definition) is 1. The number of hydrogen-bond donors (Lipinski definition) is 1. The first-order chi connectivity index (χ1) is 5.74. The van der Waals surface area contributed by atoms with Gasteiger partial charge in [-0.1, -0.05) is 25.5 Å². The normalized spacial score (nSPS) is 12.8. The Bertz CT molecular complexity index is 230. The summed E-state index contributed by atoms with van der Waals surface area (Å²) in [6, 6.07) is 7.06. The monoisotopic (exact) mass is 184 g/mol. The second kappa shape index (κ2) is 4.36. The van der Waals surface area contributed by atoms with Crippen LogP contribution >= 0.6 is 11.6 Å². The van der Waals surface area contributed by atoms with Gasteiger partial charge in [0.25, 0.3) is 0 Å². The SMILES string of the molecule is CCCC(Cl)c1ccc(O)cc1. The summed E-state index contributed by atoms with van der Waals surface area (Å²) in [5.41, 5.74) is 1.08. The lowest BCUT2D eigenvalue weighted by Gasteiger charge is -2.07. The molecule has 1 rings (SSSR count). The Morgan fingerprint density at radius 1 is 1.33 bits per heavy atom. The second-order valence-electron chi connectivity index (χ2n) is 2.85. The van der Waals surface area contributed by atoms with E-state index >= 15 is 0 Å². The van der Waals surface area contributed by atoms with E-state index in [1.165, 1.54) is 0 Å². The molecular weight excluding hydrogens is 172 g/mol. The van der Waals surface area contributed by atoms with Crippen LogP contribution in [-0.4, -0.2) is 5.11 Å². The van der Waals surface area contributed by atoms with E-state index in [0.29, 0.717) is 5.75 Å². The molecule has 0 radical (unpaired) electrons. The zero-order chi connectivity index (χ0) is 8.97. The predicted molar refractivity (Wildman–Crippen MR) is 51.6 cm³/mol. The van der Waals surface area contributed by atoms with Crippen molar-refractivity contribution in [1.29, 1.82) is 0 Å². The number of phenolic OH excluding ortho intramolecular Hbond substituents is 1. The van der Waals surface area contributed by atoms with Gasteiger partial charge in [0.15, 0.2) is 0 Å². The molecule has 0 aliphatic carbocycles. The molecule has 0 saturated heterocycles. The van der Waals surface area contributed by atoms with Gasteiger partial charge in [0.2, 0.25) is 0 Å². The molecule has 0 aliphatic rings. The van der Waals surface area contributed by atoms with Crippen molar-refractivity contribution in [1.82, 2.24) is 0 Å². The summed E-state index contributed by atoms with van der Waals surface area (Å²) in [5, 5.41) is 9.10. The van der Waals surface area contributed by atoms with Crippen LogP contribution in [0.25, 0.3) is 0 Å². The standard InChI is InChI=1S/C10H13ClO/c1-2-3-10(11)8-4-6-9(12)7-5-8/h4-7,10,12H,2-3H2,1H3. The molecule has 0 saturated carbocycles. The summed E-state index contributed by atoms with van der Waals surface area (Å²) < 4.78 is 0. The van der Waals surface area contributed by atoms with E-state index < -0.39 is 0 Å². The molecular formula is C10H13ClO. The molecule has 0 aliphatic heterocycles. The average Bonchev–Trinajstić information content (AvgIpc) is 2.06. The molecule has 1 unspecified atom stereocenters. The molecule has 12 heavy (non-hydrogen) atoms. The van der Waals surface area contributed by atoms with Crippen molar-refractivity contribution in [3.05, 3.63) is 29.8 Å². The number of phenols is 1. The summed E-state index contributed by atoms with van der Waals surface area (Å²) in [6.45, 7) is 2.11. The molecule has 0 fully saturated rings. The minimum absolute atomic E-state index is 0.0793. The first kappa shape index (κ1) is 9.40. The molecule has 0 amide bonds. The van der Waals surface area contributed by atoms with Crippen LogP contribution in [0.4, 0.5) is 0 Å². The van der Waals surface area contributed by atoms with Gasteiger partial charge in [-0.15, -0.1) is 11.6 Å². The smallest absolute Gasteiger partial charge is 0.115 e. The van der Waals surface area contributed by atoms with Crippen LogP contribution in [-0.2, 0) is 0 Å². The fourth-order valence-electron chi connectivity index (χ4n) is 1.10. The van der Waals surface area contributed by atoms with E-state index in [1.807, 2.05) is 12.1 Å². The van der Waals surface area contributed by atoms with E-state index in [4.69, 9.17) is 16.7 Å². The highest BCUT2D eigenvalue weighted by molar-refractivity contribution is 6.20. The maximum Gasteiger partial charge on any atom is 0.115 e. The number of benzene rings is 1. The van der Waals surface area contributed by atoms with Gasteiger partial charge in [-0.25, -0.2) is 0 Å². The quantitative estimate of drug-likeness (QED) is 0.714. The zero-order valence-corrected chi connectivity index (χ0v) is 7.88. The number of rotatable bonds is 3. The molecule has 2 heteroatoms. The summed E-state index contributed by atoms with van der Waals surface area (Å²) in [5.74, 6) is 0.291. The number of alkyl halides is 1. The topological polar surface area (TPSA) is 20.2 Å². The van der Waals surface area contributed by atoms with E-state index in [-0.39, 0.29) is 5.38 Å². The van der Waals surface area contributed by atoms with E-state index in [1.54, 1.807) is 12.1 Å². The van der Waals surface area contributed by atoms with Crippen molar-refractivity contribution in [2.75, 3.05) is 0 Å². The van der Waals surface area contributed by atoms with Gasteiger partial charge in [-0.05, 0) is 24.1 Å². The van der Waals surface area contributed by atoms with Crippen molar-refractivity contribution in [3.63, 3.8) is 0 Å². The maximum absolute atomic E-state index is 9.03. The number of aromatic hydroxyl groups is 1. The maximum atomic E-state index is 9.03. The Morgan fingerprint density at radius 3 is 2.42 bits per heavy atom. The fraction of sp³-hybridized carbons (Fsp3) is 0.400. The van der Waals surface area contributed by atoms with Crippen molar-refractivity contribution >= 4 is 11.6 Å². The van der Waals surface area contributed by atoms with E-state index in [0.717, 1.165) is 18.4 Å². The van der Waals surface area contributed by atoms with Gasteiger partial charge < -0.3 is 5.11 Å². The molecule has 0 bridgehead atoms. The van der Waals surface area contributed by atoms with Crippen LogP contribution in [0.3, 0.4) is 0 Å². The van der Waals surface area contributed by atoms with Gasteiger partial charge in [0.05, 0.1) is 5.38 Å². The molecule has 1 aromatic rings. The highest BCUT2D eigenvalue weighted by atomic mass is 35.5. The third kappa shape index (κ3) is 2.42. The van der Waals surface area contributed by atoms with Gasteiger partial charge in [-0.3, -0.25) is 0 Å². The van der Waals surface area contributed by atoms with Crippen LogP contribution in [0.15, 0.2) is 24.3 Å². The lowest BCUT2D eigenvalue weighted by molar-refractivity contribution is 0.475. The Labute approximate surface area is 78.0 Å². The zero-order valence-electron chi connectivity index (χ0n) is 7.13. The Balaban J connectivity index is 2.68. The molecule has 1 aromatic carbocycles. The third-order valence-corrected chi connectivity index (χ3v) is 2.27. The summed E-state index contributed by atoms with van der Waals surface area (Å²) in [4.78, 5) is 0. The highest BCUT2D eigenvalue weighted by Crippen LogP contribution is 2.26. The molecule has 1 nitrogen and oxygen atoms in total. The first-order valence-electron chi connectivity index (χ1n) is 4.17. The van der Waals surface area contributed by atoms with Crippen molar-refractivity contribution in [2.24, 2.45) is 0 Å². The third-order valence-electron chi connectivity index (χ3n) is 1.80. The van der Waals surface area contributed by atoms with Crippen LogP contribution < -0.4 is 0 Å². The van der Waals surface area contributed by atoms with Crippen LogP contribution in [0.5, 0.6) is 5.75 Å². The lowest BCUT2D eigenvalue weighted by atomic mass is 10.1. The van der Waals surface area contributed by atoms with E-state index in [9.17, 15) is 0 Å². The van der Waals surface area contributed by atoms with Crippen LogP contribution in [0.2, 0.25) is 0 Å². The summed E-state index contributed by atoms with van der Waals surface area (Å²) >= 11 is 6.08. The number of halogens is 1. The van der Waals surface area contributed by atoms with E-state index in [2.05, 4.69) is 6.92 Å². The predicted octanol–water partition coefficient (Wildman–Crippen LogP) is 3.47. The Kier molecular flexibility index (Phi) is 3.42. The molecule has 66 valence electrons. The van der Waals surface area contributed by atoms with Crippen LogP contribution in [0, 0.1) is 0 Å².